The van der Waals surface area contributed by atoms with Gasteiger partial charge in [0.1, 0.15) is 5.82 Å². The Morgan fingerprint density at radius 2 is 2.37 bits per heavy atom. The number of aliphatic hydroxyl groups is 1. The summed E-state index contributed by atoms with van der Waals surface area (Å²) in [6.07, 6.45) is 0.820. The number of rotatable bonds is 7. The third-order valence-electron chi connectivity index (χ3n) is 2.38. The Hall–Kier alpha value is -1.37. The van der Waals surface area contributed by atoms with Gasteiger partial charge in [0, 0.05) is 26.9 Å². The van der Waals surface area contributed by atoms with E-state index in [1.54, 1.807) is 24.1 Å². The van der Waals surface area contributed by atoms with Gasteiger partial charge in [-0.15, -0.1) is 0 Å². The Morgan fingerprint density at radius 3 is 2.95 bits per heavy atom. The number of carbonyl (C=O) groups is 1. The number of aromatic nitrogens is 1. The van der Waals surface area contributed by atoms with Crippen molar-refractivity contribution in [3.63, 3.8) is 0 Å². The number of halogens is 1. The van der Waals surface area contributed by atoms with Gasteiger partial charge < -0.3 is 20.1 Å². The number of ether oxygens (including phenoxy) is 1. The van der Waals surface area contributed by atoms with E-state index in [0.29, 0.717) is 10.8 Å². The molecule has 106 valence electrons. The molecule has 1 rings (SSSR count). The Kier molecular flexibility index (Phi) is 6.55. The van der Waals surface area contributed by atoms with Crippen LogP contribution in [0.3, 0.4) is 0 Å². The van der Waals surface area contributed by atoms with Crippen LogP contribution >= 0.6 is 11.6 Å². The lowest BCUT2D eigenvalue weighted by molar-refractivity contribution is -0.120. The molecule has 0 bridgehead atoms. The molecule has 0 spiro atoms. The second kappa shape index (κ2) is 7.93. The SMILES string of the molecule is COCC(O)CNC(=O)CN(C)c1ccc(Cl)cn1. The number of hydrogen-bond acceptors (Lipinski definition) is 5. The van der Waals surface area contributed by atoms with Gasteiger partial charge in [-0.2, -0.15) is 0 Å². The second-order valence-electron chi connectivity index (χ2n) is 4.10. The zero-order chi connectivity index (χ0) is 14.3. The Balaban J connectivity index is 2.37. The number of hydrogen-bond donors (Lipinski definition) is 2. The first-order chi connectivity index (χ1) is 9.02. The van der Waals surface area contributed by atoms with Crippen molar-refractivity contribution in [1.82, 2.24) is 10.3 Å². The number of likely N-dealkylation sites (N-methyl/N-ethyl adjacent to an activating group) is 1. The molecule has 19 heavy (non-hydrogen) atoms. The summed E-state index contributed by atoms with van der Waals surface area (Å²) >= 11 is 5.74. The van der Waals surface area contributed by atoms with Gasteiger partial charge in [0.25, 0.3) is 0 Å². The van der Waals surface area contributed by atoms with Gasteiger partial charge >= 0.3 is 0 Å². The van der Waals surface area contributed by atoms with Crippen molar-refractivity contribution in [3.8, 4) is 0 Å². The maximum Gasteiger partial charge on any atom is 0.239 e. The maximum atomic E-state index is 11.6. The number of amides is 1. The summed E-state index contributed by atoms with van der Waals surface area (Å²) in [5.74, 6) is 0.450. The number of anilines is 1. The van der Waals surface area contributed by atoms with E-state index in [9.17, 15) is 9.90 Å². The third kappa shape index (κ3) is 5.87. The van der Waals surface area contributed by atoms with Gasteiger partial charge in [0.2, 0.25) is 5.91 Å². The normalized spacial score (nSPS) is 12.0. The van der Waals surface area contributed by atoms with Crippen LogP contribution in [0.15, 0.2) is 18.3 Å². The molecule has 1 unspecified atom stereocenters. The molecule has 0 aliphatic heterocycles. The van der Waals surface area contributed by atoms with Gasteiger partial charge in [0.15, 0.2) is 0 Å². The highest BCUT2D eigenvalue weighted by Gasteiger charge is 2.10. The molecule has 6 nitrogen and oxygen atoms in total. The summed E-state index contributed by atoms with van der Waals surface area (Å²) in [6, 6.07) is 3.44. The molecule has 0 aliphatic rings. The van der Waals surface area contributed by atoms with Crippen LogP contribution < -0.4 is 10.2 Å². The number of pyridine rings is 1. The predicted octanol–water partition coefficient (Wildman–Crippen LogP) is 0.295. The molecule has 0 saturated carbocycles. The molecular weight excluding hydrogens is 270 g/mol. The van der Waals surface area contributed by atoms with Crippen molar-refractivity contribution in [2.45, 2.75) is 6.10 Å². The van der Waals surface area contributed by atoms with E-state index < -0.39 is 6.10 Å². The van der Waals surface area contributed by atoms with E-state index in [1.165, 1.54) is 13.3 Å². The standard InChI is InChI=1S/C12H18ClN3O3/c1-16(11-4-3-9(13)5-14-11)7-12(18)15-6-10(17)8-19-2/h3-5,10,17H,6-8H2,1-2H3,(H,15,18). The first-order valence-electron chi connectivity index (χ1n) is 5.79. The van der Waals surface area contributed by atoms with Gasteiger partial charge in [0.05, 0.1) is 24.3 Å². The number of nitrogens with one attached hydrogen (secondary N) is 1. The van der Waals surface area contributed by atoms with Crippen molar-refractivity contribution in [3.05, 3.63) is 23.4 Å². The predicted molar refractivity (Wildman–Crippen MR) is 73.4 cm³/mol. The lowest BCUT2D eigenvalue weighted by atomic mass is 10.3. The van der Waals surface area contributed by atoms with E-state index in [0.717, 1.165) is 0 Å². The van der Waals surface area contributed by atoms with E-state index in [2.05, 4.69) is 10.3 Å². The first-order valence-corrected chi connectivity index (χ1v) is 6.17. The number of carbonyl (C=O) groups excluding carboxylic acids is 1. The molecule has 1 aromatic heterocycles. The zero-order valence-electron chi connectivity index (χ0n) is 11.0. The highest BCUT2D eigenvalue weighted by atomic mass is 35.5. The average molecular weight is 288 g/mol. The minimum atomic E-state index is -0.701. The second-order valence-corrected chi connectivity index (χ2v) is 4.54. The summed E-state index contributed by atoms with van der Waals surface area (Å²) < 4.78 is 4.76. The molecule has 1 aromatic rings. The summed E-state index contributed by atoms with van der Waals surface area (Å²) in [6.45, 7) is 0.498. The fourth-order valence-corrected chi connectivity index (χ4v) is 1.54. The Bertz CT molecular complexity index is 400. The average Bonchev–Trinajstić information content (AvgIpc) is 2.37. The summed E-state index contributed by atoms with van der Waals surface area (Å²) in [7, 11) is 3.24. The molecule has 1 heterocycles. The molecule has 2 N–H and O–H groups in total. The molecule has 0 saturated heterocycles. The van der Waals surface area contributed by atoms with Crippen LogP contribution in [0.25, 0.3) is 0 Å². The number of methoxy groups -OCH3 is 1. The number of aliphatic hydroxyl groups excluding tert-OH is 1. The van der Waals surface area contributed by atoms with Gasteiger partial charge in [-0.1, -0.05) is 11.6 Å². The third-order valence-corrected chi connectivity index (χ3v) is 2.60. The van der Waals surface area contributed by atoms with Crippen molar-refractivity contribution < 1.29 is 14.6 Å². The molecule has 7 heteroatoms. The topological polar surface area (TPSA) is 74.7 Å². The van der Waals surface area contributed by atoms with Gasteiger partial charge in [-0.3, -0.25) is 4.79 Å². The van der Waals surface area contributed by atoms with Crippen LogP contribution in [0.5, 0.6) is 0 Å². The summed E-state index contributed by atoms with van der Waals surface area (Å²) in [5.41, 5.74) is 0. The highest BCUT2D eigenvalue weighted by molar-refractivity contribution is 6.30. The van der Waals surface area contributed by atoms with Crippen LogP contribution in [0.4, 0.5) is 5.82 Å². The fraction of sp³-hybridized carbons (Fsp3) is 0.500. The Labute approximate surface area is 117 Å². The van der Waals surface area contributed by atoms with Gasteiger partial charge in [-0.05, 0) is 12.1 Å². The van der Waals surface area contributed by atoms with Crippen molar-refractivity contribution in [2.24, 2.45) is 0 Å². The van der Waals surface area contributed by atoms with Crippen molar-refractivity contribution in [1.29, 1.82) is 0 Å². The number of nitrogens with zero attached hydrogens (tertiary/aromatic N) is 2. The first kappa shape index (κ1) is 15.7. The van der Waals surface area contributed by atoms with Crippen LogP contribution in [0, 0.1) is 0 Å². The minimum Gasteiger partial charge on any atom is -0.389 e. The molecular formula is C12H18ClN3O3. The molecule has 0 aromatic carbocycles. The van der Waals surface area contributed by atoms with Crippen LogP contribution in [-0.4, -0.2) is 56.0 Å². The minimum absolute atomic E-state index is 0.147. The fourth-order valence-electron chi connectivity index (χ4n) is 1.43. The maximum absolute atomic E-state index is 11.6. The monoisotopic (exact) mass is 287 g/mol. The summed E-state index contributed by atoms with van der Waals surface area (Å²) in [5, 5.41) is 12.6. The molecule has 0 aliphatic carbocycles. The molecule has 0 fully saturated rings. The highest BCUT2D eigenvalue weighted by Crippen LogP contribution is 2.12. The molecule has 1 amide bonds. The van der Waals surface area contributed by atoms with Crippen LogP contribution in [0.2, 0.25) is 5.02 Å². The van der Waals surface area contributed by atoms with Crippen molar-refractivity contribution in [2.75, 3.05) is 38.8 Å². The van der Waals surface area contributed by atoms with Crippen LogP contribution in [-0.2, 0) is 9.53 Å². The largest absolute Gasteiger partial charge is 0.389 e. The lowest BCUT2D eigenvalue weighted by Gasteiger charge is -2.18. The zero-order valence-corrected chi connectivity index (χ0v) is 11.7. The van der Waals surface area contributed by atoms with E-state index >= 15 is 0 Å². The van der Waals surface area contributed by atoms with Crippen molar-refractivity contribution >= 4 is 23.3 Å². The van der Waals surface area contributed by atoms with E-state index in [-0.39, 0.29) is 25.6 Å². The Morgan fingerprint density at radius 1 is 1.63 bits per heavy atom. The van der Waals surface area contributed by atoms with E-state index in [1.807, 2.05) is 0 Å². The van der Waals surface area contributed by atoms with Crippen LogP contribution in [0.1, 0.15) is 0 Å². The molecule has 1 atom stereocenters. The van der Waals surface area contributed by atoms with E-state index in [4.69, 9.17) is 16.3 Å². The van der Waals surface area contributed by atoms with Gasteiger partial charge in [-0.25, -0.2) is 4.98 Å². The smallest absolute Gasteiger partial charge is 0.239 e. The summed E-state index contributed by atoms with van der Waals surface area (Å²) in [4.78, 5) is 17.4. The quantitative estimate of drug-likeness (QED) is 0.754. The lowest BCUT2D eigenvalue weighted by Crippen LogP contribution is -2.40. The molecule has 0 radical (unpaired) electrons.